The van der Waals surface area contributed by atoms with Crippen molar-refractivity contribution in [1.82, 2.24) is 9.97 Å². The Bertz CT molecular complexity index is 461. The van der Waals surface area contributed by atoms with Crippen LogP contribution in [0.2, 0.25) is 0 Å². The highest BCUT2D eigenvalue weighted by atomic mass is 16.1. The van der Waals surface area contributed by atoms with Crippen LogP contribution in [-0.4, -0.2) is 35.5 Å². The lowest BCUT2D eigenvalue weighted by Gasteiger charge is -2.27. The number of carbonyl (C=O) groups excluding carboxylic acids is 1. The van der Waals surface area contributed by atoms with Crippen LogP contribution in [0.1, 0.15) is 39.7 Å². The maximum Gasteiger partial charge on any atom is 0.236 e. The van der Waals surface area contributed by atoms with Crippen molar-refractivity contribution in [3.8, 4) is 0 Å². The van der Waals surface area contributed by atoms with Gasteiger partial charge in [0.2, 0.25) is 5.91 Å². The van der Waals surface area contributed by atoms with Crippen molar-refractivity contribution in [2.24, 2.45) is 11.7 Å². The number of amides is 1. The third kappa shape index (κ3) is 5.21. The Kier molecular flexibility index (Phi) is 6.91. The molecular weight excluding hydrogens is 266 g/mol. The summed E-state index contributed by atoms with van der Waals surface area (Å²) >= 11 is 0. The van der Waals surface area contributed by atoms with Gasteiger partial charge in [0.15, 0.2) is 0 Å². The number of nitrogens with one attached hydrogen (secondary N) is 1. The fourth-order valence-corrected chi connectivity index (χ4v) is 2.25. The van der Waals surface area contributed by atoms with E-state index in [1.165, 1.54) is 0 Å². The minimum absolute atomic E-state index is 0.176. The van der Waals surface area contributed by atoms with Crippen molar-refractivity contribution >= 4 is 17.5 Å². The van der Waals surface area contributed by atoms with E-state index in [2.05, 4.69) is 43.0 Å². The minimum Gasteiger partial charge on any atom is -0.370 e. The molecule has 0 unspecified atom stereocenters. The summed E-state index contributed by atoms with van der Waals surface area (Å²) in [6, 6.07) is 0. The van der Waals surface area contributed by atoms with Gasteiger partial charge < -0.3 is 16.0 Å². The number of hydrogen-bond donors (Lipinski definition) is 2. The van der Waals surface area contributed by atoms with E-state index in [0.29, 0.717) is 5.92 Å². The van der Waals surface area contributed by atoms with Gasteiger partial charge in [-0.25, -0.2) is 9.97 Å². The van der Waals surface area contributed by atoms with Crippen LogP contribution in [0.5, 0.6) is 0 Å². The first kappa shape index (κ1) is 17.2. The van der Waals surface area contributed by atoms with Crippen LogP contribution in [-0.2, 0) is 11.2 Å². The first-order valence-corrected chi connectivity index (χ1v) is 7.60. The molecule has 0 aliphatic heterocycles. The van der Waals surface area contributed by atoms with E-state index < -0.39 is 0 Å². The number of hydrogen-bond acceptors (Lipinski definition) is 5. The third-order valence-electron chi connectivity index (χ3n) is 3.05. The summed E-state index contributed by atoms with van der Waals surface area (Å²) in [5.41, 5.74) is 6.41. The van der Waals surface area contributed by atoms with Gasteiger partial charge in [0, 0.05) is 18.7 Å². The fraction of sp³-hybridized carbons (Fsp3) is 0.667. The molecule has 6 nitrogen and oxygen atoms in total. The summed E-state index contributed by atoms with van der Waals surface area (Å²) in [5.74, 6) is 1.72. The molecule has 1 aromatic rings. The summed E-state index contributed by atoms with van der Waals surface area (Å²) in [6.45, 7) is 10.2. The summed E-state index contributed by atoms with van der Waals surface area (Å²) in [7, 11) is 0. The molecule has 1 rings (SSSR count). The van der Waals surface area contributed by atoms with Crippen molar-refractivity contribution in [3.63, 3.8) is 0 Å². The van der Waals surface area contributed by atoms with Crippen molar-refractivity contribution < 1.29 is 4.79 Å². The molecule has 0 bridgehead atoms. The molecule has 0 atom stereocenters. The summed E-state index contributed by atoms with van der Waals surface area (Å²) in [4.78, 5) is 22.0. The van der Waals surface area contributed by atoms with E-state index >= 15 is 0 Å². The summed E-state index contributed by atoms with van der Waals surface area (Å²) in [5, 5.41) is 3.32. The van der Waals surface area contributed by atoms with Gasteiger partial charge in [0.05, 0.1) is 6.54 Å². The second-order valence-corrected chi connectivity index (χ2v) is 5.55. The smallest absolute Gasteiger partial charge is 0.236 e. The molecule has 6 heteroatoms. The molecule has 0 fully saturated rings. The van der Waals surface area contributed by atoms with Crippen LogP contribution < -0.4 is 16.0 Å². The molecular formula is C15H27N5O. The maximum absolute atomic E-state index is 11.3. The topological polar surface area (TPSA) is 84.1 Å². The number of carbonyl (C=O) groups is 1. The van der Waals surface area contributed by atoms with Gasteiger partial charge in [-0.1, -0.05) is 27.7 Å². The monoisotopic (exact) mass is 293 g/mol. The zero-order valence-electron chi connectivity index (χ0n) is 13.5. The molecule has 0 aliphatic rings. The second-order valence-electron chi connectivity index (χ2n) is 5.55. The first-order chi connectivity index (χ1) is 9.99. The Morgan fingerprint density at radius 2 is 2.10 bits per heavy atom. The van der Waals surface area contributed by atoms with Gasteiger partial charge in [-0.15, -0.1) is 0 Å². The van der Waals surface area contributed by atoms with Crippen LogP contribution in [0, 0.1) is 5.92 Å². The van der Waals surface area contributed by atoms with Gasteiger partial charge in [-0.2, -0.15) is 0 Å². The van der Waals surface area contributed by atoms with Crippen molar-refractivity contribution in [2.75, 3.05) is 29.9 Å². The van der Waals surface area contributed by atoms with Gasteiger partial charge in [0.1, 0.15) is 18.0 Å². The highest BCUT2D eigenvalue weighted by Crippen LogP contribution is 2.24. The van der Waals surface area contributed by atoms with Crippen LogP contribution in [0.15, 0.2) is 6.33 Å². The Labute approximate surface area is 127 Å². The molecule has 0 aliphatic carbocycles. The molecule has 0 radical (unpaired) electrons. The lowest BCUT2D eigenvalue weighted by molar-refractivity contribution is -0.116. The minimum atomic E-state index is -0.348. The molecule has 1 aromatic heterocycles. The zero-order valence-corrected chi connectivity index (χ0v) is 13.5. The highest BCUT2D eigenvalue weighted by Gasteiger charge is 2.18. The van der Waals surface area contributed by atoms with E-state index in [4.69, 9.17) is 5.73 Å². The van der Waals surface area contributed by atoms with Gasteiger partial charge >= 0.3 is 0 Å². The number of nitrogens with two attached hydrogens (primary N) is 1. The Balaban J connectivity index is 3.13. The number of aromatic nitrogens is 2. The fourth-order valence-electron chi connectivity index (χ4n) is 2.25. The van der Waals surface area contributed by atoms with Crippen molar-refractivity contribution in [1.29, 1.82) is 0 Å². The molecule has 0 saturated heterocycles. The quantitative estimate of drug-likeness (QED) is 0.725. The number of primary amides is 1. The van der Waals surface area contributed by atoms with E-state index in [9.17, 15) is 4.79 Å². The normalized spacial score (nSPS) is 10.7. The average Bonchev–Trinajstić information content (AvgIpc) is 2.42. The first-order valence-electron chi connectivity index (χ1n) is 7.60. The molecule has 118 valence electrons. The van der Waals surface area contributed by atoms with E-state index in [1.807, 2.05) is 4.90 Å². The maximum atomic E-state index is 11.3. The zero-order chi connectivity index (χ0) is 15.8. The van der Waals surface area contributed by atoms with E-state index in [1.54, 1.807) is 6.33 Å². The molecule has 1 amide bonds. The molecule has 1 heterocycles. The predicted molar refractivity (Wildman–Crippen MR) is 86.4 cm³/mol. The molecule has 3 N–H and O–H groups in total. The standard InChI is InChI=1S/C15H27N5O/c1-5-7-17-14-12(6-2)15(19-10-18-14)20(8-11(3)4)9-13(16)21/h10-11H,5-9H2,1-4H3,(H2,16,21)(H,17,18,19). The van der Waals surface area contributed by atoms with Crippen LogP contribution in [0.4, 0.5) is 11.6 Å². The Morgan fingerprint density at radius 1 is 1.38 bits per heavy atom. The van der Waals surface area contributed by atoms with E-state index in [-0.39, 0.29) is 12.5 Å². The Morgan fingerprint density at radius 3 is 2.62 bits per heavy atom. The van der Waals surface area contributed by atoms with Crippen molar-refractivity contribution in [3.05, 3.63) is 11.9 Å². The number of rotatable bonds is 9. The molecule has 0 aromatic carbocycles. The summed E-state index contributed by atoms with van der Waals surface area (Å²) in [6.07, 6.45) is 3.37. The van der Waals surface area contributed by atoms with Gasteiger partial charge in [-0.05, 0) is 18.8 Å². The number of anilines is 2. The predicted octanol–water partition coefficient (Wildman–Crippen LogP) is 1.81. The second kappa shape index (κ2) is 8.44. The third-order valence-corrected chi connectivity index (χ3v) is 3.05. The Hall–Kier alpha value is -1.85. The summed E-state index contributed by atoms with van der Waals surface area (Å²) < 4.78 is 0. The van der Waals surface area contributed by atoms with Gasteiger partial charge in [0.25, 0.3) is 0 Å². The number of nitrogens with zero attached hydrogens (tertiary/aromatic N) is 3. The lowest BCUT2D eigenvalue weighted by Crippen LogP contribution is -2.37. The van der Waals surface area contributed by atoms with Gasteiger partial charge in [-0.3, -0.25) is 4.79 Å². The van der Waals surface area contributed by atoms with Crippen LogP contribution in [0.3, 0.4) is 0 Å². The van der Waals surface area contributed by atoms with Crippen molar-refractivity contribution in [2.45, 2.75) is 40.5 Å². The van der Waals surface area contributed by atoms with Crippen LogP contribution >= 0.6 is 0 Å². The molecule has 0 spiro atoms. The molecule has 21 heavy (non-hydrogen) atoms. The lowest BCUT2D eigenvalue weighted by atomic mass is 10.1. The SMILES string of the molecule is CCCNc1ncnc(N(CC(N)=O)CC(C)C)c1CC. The molecule has 0 saturated carbocycles. The largest absolute Gasteiger partial charge is 0.370 e. The van der Waals surface area contributed by atoms with E-state index in [0.717, 1.165) is 43.1 Å². The van der Waals surface area contributed by atoms with Crippen LogP contribution in [0.25, 0.3) is 0 Å². The average molecular weight is 293 g/mol. The highest BCUT2D eigenvalue weighted by molar-refractivity contribution is 5.79.